The van der Waals surface area contributed by atoms with Crippen LogP contribution in [-0.4, -0.2) is 29.8 Å². The topological polar surface area (TPSA) is 76.6 Å². The van der Waals surface area contributed by atoms with Gasteiger partial charge in [0.2, 0.25) is 0 Å². The van der Waals surface area contributed by atoms with Gasteiger partial charge in [0.25, 0.3) is 11.6 Å². The summed E-state index contributed by atoms with van der Waals surface area (Å²) in [7, 11) is 3.23. The van der Waals surface area contributed by atoms with Gasteiger partial charge in [-0.1, -0.05) is 11.6 Å². The lowest BCUT2D eigenvalue weighted by Gasteiger charge is -2.07. The first kappa shape index (κ1) is 14.1. The van der Waals surface area contributed by atoms with Crippen molar-refractivity contribution in [3.63, 3.8) is 0 Å². The number of furan rings is 1. The molecule has 7 heteroatoms. The number of nitro benzene ring substituents is 1. The third-order valence-electron chi connectivity index (χ3n) is 2.65. The van der Waals surface area contributed by atoms with E-state index < -0.39 is 4.92 Å². The van der Waals surface area contributed by atoms with Crippen LogP contribution in [-0.2, 0) is 0 Å². The Bertz CT molecular complexity index is 679. The molecule has 0 spiro atoms. The number of hydrogen-bond acceptors (Lipinski definition) is 4. The van der Waals surface area contributed by atoms with Crippen LogP contribution in [0.15, 0.2) is 34.7 Å². The van der Waals surface area contributed by atoms with Gasteiger partial charge < -0.3 is 9.32 Å². The Hall–Kier alpha value is -2.34. The van der Waals surface area contributed by atoms with E-state index in [0.29, 0.717) is 11.3 Å². The quantitative estimate of drug-likeness (QED) is 0.643. The Kier molecular flexibility index (Phi) is 3.76. The molecule has 0 radical (unpaired) electrons. The fraction of sp³-hybridized carbons (Fsp3) is 0.154. The molecule has 0 saturated heterocycles. The minimum absolute atomic E-state index is 0.102. The van der Waals surface area contributed by atoms with Crippen LogP contribution in [0.1, 0.15) is 10.6 Å². The summed E-state index contributed by atoms with van der Waals surface area (Å²) in [5, 5.41) is 10.8. The Morgan fingerprint density at radius 1 is 1.30 bits per heavy atom. The van der Waals surface area contributed by atoms with Gasteiger partial charge in [-0.3, -0.25) is 14.9 Å². The predicted molar refractivity (Wildman–Crippen MR) is 73.8 cm³/mol. The second kappa shape index (κ2) is 5.34. The lowest BCUT2D eigenvalue weighted by atomic mass is 10.1. The number of nitrogens with zero attached hydrogens (tertiary/aromatic N) is 2. The van der Waals surface area contributed by atoms with Gasteiger partial charge in [-0.2, -0.15) is 0 Å². The van der Waals surface area contributed by atoms with Crippen LogP contribution in [0, 0.1) is 10.1 Å². The SMILES string of the molecule is CN(C)C(=O)c1ccc(-c2ccc([N+](=O)[O-])cc2Cl)o1. The van der Waals surface area contributed by atoms with Crippen LogP contribution in [0.5, 0.6) is 0 Å². The number of hydrogen-bond donors (Lipinski definition) is 0. The maximum Gasteiger partial charge on any atom is 0.289 e. The molecule has 6 nitrogen and oxygen atoms in total. The molecular weight excluding hydrogens is 284 g/mol. The highest BCUT2D eigenvalue weighted by atomic mass is 35.5. The lowest BCUT2D eigenvalue weighted by Crippen LogP contribution is -2.20. The third kappa shape index (κ3) is 2.65. The van der Waals surface area contributed by atoms with E-state index in [4.69, 9.17) is 16.0 Å². The molecule has 0 fully saturated rings. The summed E-state index contributed by atoms with van der Waals surface area (Å²) in [4.78, 5) is 23.2. The zero-order valence-electron chi connectivity index (χ0n) is 10.8. The van der Waals surface area contributed by atoms with Crippen LogP contribution in [0.4, 0.5) is 5.69 Å². The van der Waals surface area contributed by atoms with Crippen molar-refractivity contribution in [1.82, 2.24) is 4.90 Å². The van der Waals surface area contributed by atoms with Gasteiger partial charge in [0.15, 0.2) is 5.76 Å². The summed E-state index contributed by atoms with van der Waals surface area (Å²) in [5.41, 5.74) is 0.393. The van der Waals surface area contributed by atoms with Crippen LogP contribution in [0.3, 0.4) is 0 Å². The van der Waals surface area contributed by atoms with E-state index in [-0.39, 0.29) is 22.4 Å². The largest absolute Gasteiger partial charge is 0.451 e. The molecule has 104 valence electrons. The normalized spacial score (nSPS) is 10.3. The van der Waals surface area contributed by atoms with E-state index in [1.54, 1.807) is 20.2 Å². The summed E-state index contributed by atoms with van der Waals surface area (Å²) in [6, 6.07) is 7.20. The number of halogens is 1. The van der Waals surface area contributed by atoms with Crippen molar-refractivity contribution < 1.29 is 14.1 Å². The van der Waals surface area contributed by atoms with Crippen LogP contribution in [0.25, 0.3) is 11.3 Å². The molecule has 0 N–H and O–H groups in total. The standard InChI is InChI=1S/C13H11ClN2O4/c1-15(2)13(17)12-6-5-11(20-12)9-4-3-8(16(18)19)7-10(9)14/h3-7H,1-2H3. The minimum Gasteiger partial charge on any atom is -0.451 e. The fourth-order valence-corrected chi connectivity index (χ4v) is 1.90. The van der Waals surface area contributed by atoms with E-state index in [0.717, 1.165) is 0 Å². The number of carbonyl (C=O) groups is 1. The second-order valence-corrected chi connectivity index (χ2v) is 4.69. The molecule has 0 aliphatic heterocycles. The van der Waals surface area contributed by atoms with Crippen molar-refractivity contribution in [3.8, 4) is 11.3 Å². The van der Waals surface area contributed by atoms with Gasteiger partial charge in [-0.05, 0) is 18.2 Å². The maximum atomic E-state index is 11.7. The number of non-ortho nitro benzene ring substituents is 1. The molecule has 0 saturated carbocycles. The number of nitro groups is 1. The Balaban J connectivity index is 2.38. The smallest absolute Gasteiger partial charge is 0.289 e. The van der Waals surface area contributed by atoms with Gasteiger partial charge >= 0.3 is 0 Å². The molecule has 0 aliphatic carbocycles. The molecule has 1 aromatic heterocycles. The maximum absolute atomic E-state index is 11.7. The summed E-state index contributed by atoms with van der Waals surface area (Å²) < 4.78 is 5.43. The van der Waals surface area contributed by atoms with E-state index in [2.05, 4.69) is 0 Å². The van der Waals surface area contributed by atoms with E-state index >= 15 is 0 Å². The summed E-state index contributed by atoms with van der Waals surface area (Å²) in [6.45, 7) is 0. The van der Waals surface area contributed by atoms with Crippen molar-refractivity contribution in [3.05, 3.63) is 51.2 Å². The molecule has 1 heterocycles. The van der Waals surface area contributed by atoms with Gasteiger partial charge in [0.1, 0.15) is 5.76 Å². The molecular formula is C13H11ClN2O4. The minimum atomic E-state index is -0.529. The number of benzene rings is 1. The number of carbonyl (C=O) groups excluding carboxylic acids is 1. The zero-order chi connectivity index (χ0) is 14.9. The van der Waals surface area contributed by atoms with Crippen molar-refractivity contribution >= 4 is 23.2 Å². The fourth-order valence-electron chi connectivity index (χ4n) is 1.64. The molecule has 2 aromatic rings. The summed E-state index contributed by atoms with van der Waals surface area (Å²) >= 11 is 6.00. The number of rotatable bonds is 3. The van der Waals surface area contributed by atoms with Crippen LogP contribution >= 0.6 is 11.6 Å². The first-order valence-electron chi connectivity index (χ1n) is 5.66. The van der Waals surface area contributed by atoms with Gasteiger partial charge in [0, 0.05) is 31.8 Å². The van der Waals surface area contributed by atoms with Gasteiger partial charge in [-0.25, -0.2) is 0 Å². The molecule has 1 amide bonds. The highest BCUT2D eigenvalue weighted by Gasteiger charge is 2.17. The number of amides is 1. The molecule has 0 unspecified atom stereocenters. The van der Waals surface area contributed by atoms with Crippen LogP contribution in [0.2, 0.25) is 5.02 Å². The first-order chi connectivity index (χ1) is 9.40. The van der Waals surface area contributed by atoms with Crippen molar-refractivity contribution in [1.29, 1.82) is 0 Å². The lowest BCUT2D eigenvalue weighted by molar-refractivity contribution is -0.384. The Morgan fingerprint density at radius 2 is 2.00 bits per heavy atom. The van der Waals surface area contributed by atoms with E-state index in [1.165, 1.54) is 29.2 Å². The van der Waals surface area contributed by atoms with Crippen molar-refractivity contribution in [2.45, 2.75) is 0 Å². The molecule has 0 aliphatic rings. The molecule has 2 rings (SSSR count). The summed E-state index contributed by atoms with van der Waals surface area (Å²) in [5.74, 6) is 0.295. The molecule has 0 atom stereocenters. The third-order valence-corrected chi connectivity index (χ3v) is 2.96. The molecule has 0 bridgehead atoms. The van der Waals surface area contributed by atoms with Crippen molar-refractivity contribution in [2.75, 3.05) is 14.1 Å². The Labute approximate surface area is 119 Å². The average molecular weight is 295 g/mol. The second-order valence-electron chi connectivity index (χ2n) is 4.28. The first-order valence-corrected chi connectivity index (χ1v) is 6.03. The Morgan fingerprint density at radius 3 is 2.55 bits per heavy atom. The highest BCUT2D eigenvalue weighted by Crippen LogP contribution is 2.32. The predicted octanol–water partition coefficient (Wildman–Crippen LogP) is 3.21. The van der Waals surface area contributed by atoms with Gasteiger partial charge in [-0.15, -0.1) is 0 Å². The molecule has 1 aromatic carbocycles. The van der Waals surface area contributed by atoms with Crippen LogP contribution < -0.4 is 0 Å². The van der Waals surface area contributed by atoms with Crippen molar-refractivity contribution in [2.24, 2.45) is 0 Å². The highest BCUT2D eigenvalue weighted by molar-refractivity contribution is 6.33. The zero-order valence-corrected chi connectivity index (χ0v) is 11.5. The molecule has 20 heavy (non-hydrogen) atoms. The van der Waals surface area contributed by atoms with Gasteiger partial charge in [0.05, 0.1) is 9.95 Å². The average Bonchev–Trinajstić information content (AvgIpc) is 2.86. The summed E-state index contributed by atoms with van der Waals surface area (Å²) in [6.07, 6.45) is 0. The van der Waals surface area contributed by atoms with E-state index in [1.807, 2.05) is 0 Å². The van der Waals surface area contributed by atoms with E-state index in [9.17, 15) is 14.9 Å². The monoisotopic (exact) mass is 294 g/mol.